The van der Waals surface area contributed by atoms with Gasteiger partial charge in [0.1, 0.15) is 0 Å². The fourth-order valence-corrected chi connectivity index (χ4v) is 2.50. The number of esters is 2. The van der Waals surface area contributed by atoms with Gasteiger partial charge >= 0.3 is 18.0 Å². The maximum Gasteiger partial charge on any atom is 0.407 e. The normalized spacial score (nSPS) is 15.2. The molecule has 0 rings (SSSR count). The van der Waals surface area contributed by atoms with Crippen molar-refractivity contribution in [1.29, 1.82) is 0 Å². The summed E-state index contributed by atoms with van der Waals surface area (Å²) >= 11 is 0. The molecule has 2 N–H and O–H groups in total. The van der Waals surface area contributed by atoms with E-state index in [1.54, 1.807) is 20.8 Å². The number of rotatable bonds is 9. The van der Waals surface area contributed by atoms with E-state index in [9.17, 15) is 14.4 Å². The van der Waals surface area contributed by atoms with Crippen LogP contribution < -0.4 is 5.32 Å². The van der Waals surface area contributed by atoms with Crippen LogP contribution in [0.5, 0.6) is 0 Å². The van der Waals surface area contributed by atoms with Crippen LogP contribution in [0.15, 0.2) is 0 Å². The number of hydrogen-bond donors (Lipinski definition) is 2. The second-order valence-electron chi connectivity index (χ2n) is 6.60. The second-order valence-corrected chi connectivity index (χ2v) is 6.60. The molecule has 0 aromatic rings. The SMILES string of the molecule is CCCC(NC(=O)O)OC(=O)C(C)(CC)CC(C)(C)C(=O)OC. The van der Waals surface area contributed by atoms with Gasteiger partial charge in [-0.2, -0.15) is 0 Å². The molecule has 0 bridgehead atoms. The first kappa shape index (κ1) is 21.2. The Bertz CT molecular complexity index is 434. The van der Waals surface area contributed by atoms with Crippen molar-refractivity contribution in [2.75, 3.05) is 7.11 Å². The van der Waals surface area contributed by atoms with Gasteiger partial charge in [-0.25, -0.2) is 4.79 Å². The highest BCUT2D eigenvalue weighted by molar-refractivity contribution is 5.80. The molecule has 0 saturated heterocycles. The molecular weight excluding hydrogens is 302 g/mol. The van der Waals surface area contributed by atoms with E-state index in [-0.39, 0.29) is 6.42 Å². The Hall–Kier alpha value is -1.79. The van der Waals surface area contributed by atoms with E-state index in [4.69, 9.17) is 14.6 Å². The van der Waals surface area contributed by atoms with Gasteiger partial charge in [0.2, 0.25) is 0 Å². The highest BCUT2D eigenvalue weighted by Gasteiger charge is 2.43. The molecule has 23 heavy (non-hydrogen) atoms. The summed E-state index contributed by atoms with van der Waals surface area (Å²) in [7, 11) is 1.31. The predicted molar refractivity (Wildman–Crippen MR) is 84.8 cm³/mol. The fraction of sp³-hybridized carbons (Fsp3) is 0.812. The van der Waals surface area contributed by atoms with Gasteiger partial charge < -0.3 is 14.6 Å². The van der Waals surface area contributed by atoms with Crippen LogP contribution in [0.1, 0.15) is 60.3 Å². The van der Waals surface area contributed by atoms with Crippen LogP contribution in [-0.2, 0) is 19.1 Å². The smallest absolute Gasteiger partial charge is 0.407 e. The van der Waals surface area contributed by atoms with Crippen LogP contribution in [0.4, 0.5) is 4.79 Å². The lowest BCUT2D eigenvalue weighted by Crippen LogP contribution is -2.43. The number of carbonyl (C=O) groups is 3. The molecule has 7 heteroatoms. The zero-order valence-electron chi connectivity index (χ0n) is 14.9. The Balaban J connectivity index is 5.13. The zero-order valence-corrected chi connectivity index (χ0v) is 14.9. The third kappa shape index (κ3) is 6.46. The van der Waals surface area contributed by atoms with Gasteiger partial charge in [-0.05, 0) is 33.6 Å². The number of methoxy groups -OCH3 is 1. The molecule has 0 aliphatic carbocycles. The molecule has 1 amide bonds. The van der Waals surface area contributed by atoms with Crippen LogP contribution in [0.3, 0.4) is 0 Å². The second kappa shape index (κ2) is 8.74. The summed E-state index contributed by atoms with van der Waals surface area (Å²) in [4.78, 5) is 35.2. The van der Waals surface area contributed by atoms with Gasteiger partial charge in [-0.1, -0.05) is 20.3 Å². The van der Waals surface area contributed by atoms with Crippen molar-refractivity contribution in [3.05, 3.63) is 0 Å². The Morgan fingerprint density at radius 1 is 1.13 bits per heavy atom. The van der Waals surface area contributed by atoms with Crippen molar-refractivity contribution < 1.29 is 29.0 Å². The minimum Gasteiger partial charge on any atom is -0.469 e. The first-order chi connectivity index (χ1) is 10.5. The number of amides is 1. The lowest BCUT2D eigenvalue weighted by molar-refractivity contribution is -0.167. The molecule has 7 nitrogen and oxygen atoms in total. The first-order valence-corrected chi connectivity index (χ1v) is 7.81. The number of ether oxygens (including phenoxy) is 2. The van der Waals surface area contributed by atoms with E-state index >= 15 is 0 Å². The summed E-state index contributed by atoms with van der Waals surface area (Å²) in [5.74, 6) is -0.928. The van der Waals surface area contributed by atoms with Crippen molar-refractivity contribution in [3.63, 3.8) is 0 Å². The first-order valence-electron chi connectivity index (χ1n) is 7.81. The number of carboxylic acid groups (broad SMARTS) is 1. The average molecular weight is 331 g/mol. The average Bonchev–Trinajstić information content (AvgIpc) is 2.45. The molecule has 2 atom stereocenters. The molecule has 0 saturated carbocycles. The van der Waals surface area contributed by atoms with Gasteiger partial charge in [-0.3, -0.25) is 14.9 Å². The largest absolute Gasteiger partial charge is 0.469 e. The molecule has 134 valence electrons. The summed E-state index contributed by atoms with van der Waals surface area (Å²) < 4.78 is 10.1. The summed E-state index contributed by atoms with van der Waals surface area (Å²) in [6.07, 6.45) is -0.388. The molecule has 0 spiro atoms. The van der Waals surface area contributed by atoms with E-state index in [1.807, 2.05) is 13.8 Å². The van der Waals surface area contributed by atoms with Crippen LogP contribution in [0.2, 0.25) is 0 Å². The van der Waals surface area contributed by atoms with Gasteiger partial charge in [0.05, 0.1) is 17.9 Å². The third-order valence-corrected chi connectivity index (χ3v) is 3.93. The monoisotopic (exact) mass is 331 g/mol. The lowest BCUT2D eigenvalue weighted by Gasteiger charge is -2.34. The Morgan fingerprint density at radius 2 is 1.70 bits per heavy atom. The van der Waals surface area contributed by atoms with Crippen molar-refractivity contribution in [1.82, 2.24) is 5.32 Å². The van der Waals surface area contributed by atoms with Gasteiger partial charge in [0, 0.05) is 6.42 Å². The minimum atomic E-state index is -1.25. The molecule has 0 heterocycles. The van der Waals surface area contributed by atoms with E-state index in [0.29, 0.717) is 19.3 Å². The van der Waals surface area contributed by atoms with Gasteiger partial charge in [0.25, 0.3) is 0 Å². The van der Waals surface area contributed by atoms with E-state index in [2.05, 4.69) is 5.32 Å². The minimum absolute atomic E-state index is 0.244. The van der Waals surface area contributed by atoms with Crippen LogP contribution in [0, 0.1) is 10.8 Å². The van der Waals surface area contributed by atoms with Crippen molar-refractivity contribution >= 4 is 18.0 Å². The Labute approximate surface area is 137 Å². The highest BCUT2D eigenvalue weighted by Crippen LogP contribution is 2.38. The quantitative estimate of drug-likeness (QED) is 0.497. The van der Waals surface area contributed by atoms with Gasteiger partial charge in [0.15, 0.2) is 6.23 Å². The van der Waals surface area contributed by atoms with Gasteiger partial charge in [-0.15, -0.1) is 0 Å². The molecule has 0 aromatic carbocycles. The molecule has 0 fully saturated rings. The molecule has 0 radical (unpaired) electrons. The molecular formula is C16H29NO6. The maximum absolute atomic E-state index is 12.5. The molecule has 0 aliphatic heterocycles. The standard InChI is InChI=1S/C16H29NO6/c1-7-9-11(17-14(20)21)23-13(19)16(5,8-2)10-15(3,4)12(18)22-6/h11,17H,7-10H2,1-6H3,(H,20,21). The summed E-state index contributed by atoms with van der Waals surface area (Å²) in [6, 6.07) is 0. The van der Waals surface area contributed by atoms with E-state index in [1.165, 1.54) is 7.11 Å². The maximum atomic E-state index is 12.5. The van der Waals surface area contributed by atoms with Crippen molar-refractivity contribution in [3.8, 4) is 0 Å². The van der Waals surface area contributed by atoms with Crippen LogP contribution in [-0.4, -0.2) is 36.5 Å². The summed E-state index contributed by atoms with van der Waals surface area (Å²) in [5.41, 5.74) is -1.76. The number of carbonyl (C=O) groups excluding carboxylic acids is 2. The number of nitrogens with one attached hydrogen (secondary N) is 1. The molecule has 0 aliphatic rings. The topological polar surface area (TPSA) is 102 Å². The fourth-order valence-electron chi connectivity index (χ4n) is 2.50. The molecule has 0 aromatic heterocycles. The third-order valence-electron chi connectivity index (χ3n) is 3.93. The predicted octanol–water partition coefficient (Wildman–Crippen LogP) is 2.93. The van der Waals surface area contributed by atoms with Crippen molar-refractivity contribution in [2.45, 2.75) is 66.5 Å². The highest BCUT2D eigenvalue weighted by atomic mass is 16.6. The van der Waals surface area contributed by atoms with Crippen molar-refractivity contribution in [2.24, 2.45) is 10.8 Å². The Kier molecular flexibility index (Phi) is 8.06. The van der Waals surface area contributed by atoms with E-state index < -0.39 is 35.1 Å². The number of hydrogen-bond acceptors (Lipinski definition) is 5. The summed E-state index contributed by atoms with van der Waals surface area (Å²) in [6.45, 7) is 8.82. The molecule has 2 unspecified atom stereocenters. The lowest BCUT2D eigenvalue weighted by atomic mass is 9.72. The van der Waals surface area contributed by atoms with Crippen LogP contribution >= 0.6 is 0 Å². The van der Waals surface area contributed by atoms with Crippen LogP contribution in [0.25, 0.3) is 0 Å². The zero-order chi connectivity index (χ0) is 18.3. The summed E-state index contributed by atoms with van der Waals surface area (Å²) in [5, 5.41) is 11.0. The van der Waals surface area contributed by atoms with E-state index in [0.717, 1.165) is 0 Å². The Morgan fingerprint density at radius 3 is 2.09 bits per heavy atom.